The van der Waals surface area contributed by atoms with Gasteiger partial charge in [-0.15, -0.1) is 0 Å². The van der Waals surface area contributed by atoms with E-state index in [0.717, 1.165) is 38.5 Å². The van der Waals surface area contributed by atoms with Crippen molar-refractivity contribution in [3.63, 3.8) is 0 Å². The minimum Gasteiger partial charge on any atom is -0.457 e. The predicted octanol–water partition coefficient (Wildman–Crippen LogP) is 10.8. The van der Waals surface area contributed by atoms with E-state index in [-0.39, 0.29) is 49.2 Å². The van der Waals surface area contributed by atoms with Crippen molar-refractivity contribution in [2.45, 2.75) is 131 Å². The number of hydrogen-bond acceptors (Lipinski definition) is 12. The SMILES string of the molecule is Cc1c(OCOC(=O)CC23CC4CC(CC(C4)C2)C3)cccc1S(OS(=O)(=O)CCCCS(=O)(=O)OF)(c1ccccc1)c1cccc(OCOC(=O)CC23CC4CC(CC(C4)C2)C3)c1C. The van der Waals surface area contributed by atoms with E-state index in [1.54, 1.807) is 74.5 Å². The summed E-state index contributed by atoms with van der Waals surface area (Å²) < 4.78 is 98.3. The summed E-state index contributed by atoms with van der Waals surface area (Å²) in [5, 5.41) is 0. The van der Waals surface area contributed by atoms with Crippen LogP contribution in [0.4, 0.5) is 4.53 Å². The van der Waals surface area contributed by atoms with Crippen LogP contribution >= 0.6 is 10.3 Å². The Hall–Kier alpha value is -3.70. The number of carbonyl (C=O) groups excluding carboxylic acids is 2. The van der Waals surface area contributed by atoms with Crippen molar-refractivity contribution in [3.8, 4) is 11.5 Å². The fourth-order valence-electron chi connectivity index (χ4n) is 14.0. The van der Waals surface area contributed by atoms with Crippen molar-refractivity contribution in [1.82, 2.24) is 0 Å². The van der Waals surface area contributed by atoms with Crippen LogP contribution in [0.5, 0.6) is 11.5 Å². The number of hydrogen-bond donors (Lipinski definition) is 0. The van der Waals surface area contributed by atoms with Crippen LogP contribution in [-0.2, 0) is 47.3 Å². The van der Waals surface area contributed by atoms with Crippen LogP contribution in [-0.4, -0.2) is 53.9 Å². The molecule has 16 heteroatoms. The molecule has 360 valence electrons. The molecule has 8 saturated carbocycles. The number of carbonyl (C=O) groups is 2. The third-order valence-electron chi connectivity index (χ3n) is 15.7. The Balaban J connectivity index is 0.980. The predicted molar refractivity (Wildman–Crippen MR) is 245 cm³/mol. The van der Waals surface area contributed by atoms with Crippen molar-refractivity contribution >= 4 is 42.5 Å². The van der Waals surface area contributed by atoms with Gasteiger partial charge in [-0.3, -0.25) is 9.59 Å². The van der Waals surface area contributed by atoms with Crippen molar-refractivity contribution in [1.29, 1.82) is 0 Å². The maximum Gasteiger partial charge on any atom is 0.309 e. The van der Waals surface area contributed by atoms with Crippen LogP contribution in [0.15, 0.2) is 81.4 Å². The Labute approximate surface area is 390 Å². The summed E-state index contributed by atoms with van der Waals surface area (Å²) in [6.45, 7) is 2.92. The average molecular weight is 971 g/mol. The molecule has 12 nitrogen and oxygen atoms in total. The van der Waals surface area contributed by atoms with E-state index >= 15 is 0 Å². The quantitative estimate of drug-likeness (QED) is 0.0566. The fraction of sp³-hybridized carbons (Fsp3) is 0.600. The highest BCUT2D eigenvalue weighted by atomic mass is 32.3. The molecule has 0 amide bonds. The Morgan fingerprint density at radius 3 is 1.35 bits per heavy atom. The number of halogens is 1. The molecule has 8 aliphatic rings. The zero-order chi connectivity index (χ0) is 46.3. The minimum atomic E-state index is -4.48. The normalized spacial score (nSPS) is 29.8. The molecule has 0 aromatic heterocycles. The van der Waals surface area contributed by atoms with Crippen molar-refractivity contribution in [3.05, 3.63) is 77.9 Å². The van der Waals surface area contributed by atoms with Gasteiger partial charge in [-0.05, 0) is 201 Å². The van der Waals surface area contributed by atoms with Gasteiger partial charge in [0.15, 0.2) is 0 Å². The lowest BCUT2D eigenvalue weighted by atomic mass is 9.49. The van der Waals surface area contributed by atoms with E-state index in [9.17, 15) is 31.0 Å². The Kier molecular flexibility index (Phi) is 13.6. The monoisotopic (exact) mass is 970 g/mol. The average Bonchev–Trinajstić information content (AvgIpc) is 3.25. The second-order valence-electron chi connectivity index (χ2n) is 20.7. The molecule has 0 heterocycles. The zero-order valence-corrected chi connectivity index (χ0v) is 40.4. The molecule has 0 N–H and O–H groups in total. The van der Waals surface area contributed by atoms with E-state index in [4.69, 9.17) is 22.6 Å². The van der Waals surface area contributed by atoms with Crippen molar-refractivity contribution < 1.29 is 57.9 Å². The molecule has 3 aromatic carbocycles. The van der Waals surface area contributed by atoms with Crippen molar-refractivity contribution in [2.24, 2.45) is 46.3 Å². The lowest BCUT2D eigenvalue weighted by molar-refractivity contribution is -0.159. The van der Waals surface area contributed by atoms with Crippen LogP contribution in [0.3, 0.4) is 0 Å². The van der Waals surface area contributed by atoms with Gasteiger partial charge in [-0.2, -0.15) is 16.8 Å². The summed E-state index contributed by atoms with van der Waals surface area (Å²) in [6, 6.07) is 19.4. The summed E-state index contributed by atoms with van der Waals surface area (Å²) in [7, 11) is -12.2. The standard InChI is InChI=1S/C50H63FO12S3/c1-34-43(58-32-60-47(52)30-49-24-36-18-37(25-49)20-38(19-36)26-49)12-8-14-45(34)66(42-10-4-3-5-11-42,63-65(56,57)17-7-6-16-64(54,55)62-51)46-15-9-13-44(35(46)2)59-33-61-48(53)31-50-27-39-21-40(28-50)23-41(22-39)29-50/h3-5,8-15,36-41H,6-7,16-33H2,1-2H3. The lowest BCUT2D eigenvalue weighted by Gasteiger charge is -2.56. The van der Waals surface area contributed by atoms with E-state index in [0.29, 0.717) is 85.7 Å². The Morgan fingerprint density at radius 2 is 0.955 bits per heavy atom. The molecule has 0 spiro atoms. The Bertz CT molecular complexity index is 2310. The molecule has 8 fully saturated rings. The number of unbranched alkanes of at least 4 members (excludes halogenated alkanes) is 1. The summed E-state index contributed by atoms with van der Waals surface area (Å²) in [5.74, 6) is 3.03. The zero-order valence-electron chi connectivity index (χ0n) is 38.0. The maximum atomic E-state index is 14.3. The third kappa shape index (κ3) is 10.2. The first-order valence-electron chi connectivity index (χ1n) is 23.7. The topological polar surface area (TPSA) is 158 Å². The first kappa shape index (κ1) is 47.4. The molecule has 8 bridgehead atoms. The molecule has 66 heavy (non-hydrogen) atoms. The Morgan fingerprint density at radius 1 is 0.561 bits per heavy atom. The molecular weight excluding hydrogens is 908 g/mol. The van der Waals surface area contributed by atoms with Crippen molar-refractivity contribution in [2.75, 3.05) is 25.1 Å². The number of rotatable bonds is 21. The van der Waals surface area contributed by atoms with Gasteiger partial charge in [-0.1, -0.05) is 34.7 Å². The number of ether oxygens (including phenoxy) is 4. The minimum absolute atomic E-state index is 0.00423. The molecular formula is C50H63FO12S3. The first-order valence-corrected chi connectivity index (χ1v) is 28.4. The van der Waals surface area contributed by atoms with Crippen LogP contribution in [0.25, 0.3) is 0 Å². The van der Waals surface area contributed by atoms with Crippen LogP contribution in [0.2, 0.25) is 0 Å². The third-order valence-corrected chi connectivity index (χ3v) is 22.2. The molecule has 11 rings (SSSR count). The van der Waals surface area contributed by atoms with Gasteiger partial charge in [0.2, 0.25) is 13.6 Å². The molecule has 0 atom stereocenters. The molecule has 3 aromatic rings. The molecule has 0 radical (unpaired) electrons. The van der Waals surface area contributed by atoms with E-state index in [1.165, 1.54) is 38.5 Å². The van der Waals surface area contributed by atoms with Gasteiger partial charge in [0.05, 0.1) is 24.3 Å². The highest BCUT2D eigenvalue weighted by molar-refractivity contribution is 8.33. The number of esters is 2. The van der Waals surface area contributed by atoms with E-state index < -0.39 is 42.1 Å². The van der Waals surface area contributed by atoms with Gasteiger partial charge < -0.3 is 18.9 Å². The van der Waals surface area contributed by atoms with E-state index in [2.05, 4.69) is 4.39 Å². The van der Waals surface area contributed by atoms with Crippen LogP contribution in [0, 0.1) is 60.2 Å². The number of benzene rings is 3. The fourth-order valence-corrected chi connectivity index (χ4v) is 20.5. The van der Waals surface area contributed by atoms with Gasteiger partial charge in [0, 0.05) is 25.8 Å². The smallest absolute Gasteiger partial charge is 0.309 e. The van der Waals surface area contributed by atoms with Gasteiger partial charge in [0.1, 0.15) is 11.5 Å². The maximum absolute atomic E-state index is 14.3. The summed E-state index contributed by atoms with van der Waals surface area (Å²) in [4.78, 5) is 28.2. The first-order chi connectivity index (χ1) is 31.6. The molecule has 0 aliphatic heterocycles. The van der Waals surface area contributed by atoms with E-state index in [1.807, 2.05) is 6.07 Å². The largest absolute Gasteiger partial charge is 0.457 e. The summed E-state index contributed by atoms with van der Waals surface area (Å²) in [5.41, 5.74) is 1.09. The van der Waals surface area contributed by atoms with Gasteiger partial charge in [0.25, 0.3) is 20.2 Å². The second-order valence-corrected chi connectivity index (χ2v) is 26.9. The van der Waals surface area contributed by atoms with Crippen LogP contribution in [0.1, 0.15) is 114 Å². The second kappa shape index (κ2) is 19.0. The molecule has 8 aliphatic carbocycles. The molecule has 0 unspecified atom stereocenters. The van der Waals surface area contributed by atoms with Gasteiger partial charge in [-0.25, -0.2) is 3.63 Å². The highest BCUT2D eigenvalue weighted by Crippen LogP contribution is 2.72. The highest BCUT2D eigenvalue weighted by Gasteiger charge is 2.53. The lowest BCUT2D eigenvalue weighted by Crippen LogP contribution is -2.47. The summed E-state index contributed by atoms with van der Waals surface area (Å²) >= 11 is 0. The molecule has 0 saturated heterocycles. The van der Waals surface area contributed by atoms with Crippen LogP contribution < -0.4 is 9.47 Å². The summed E-state index contributed by atoms with van der Waals surface area (Å²) in [6.07, 6.45) is 14.5. The van der Waals surface area contributed by atoms with Gasteiger partial charge >= 0.3 is 11.9 Å².